The van der Waals surface area contributed by atoms with Crippen LogP contribution in [0.1, 0.15) is 113 Å². The molecule has 4 nitrogen and oxygen atoms in total. The van der Waals surface area contributed by atoms with Crippen molar-refractivity contribution in [3.63, 3.8) is 0 Å². The van der Waals surface area contributed by atoms with Crippen molar-refractivity contribution >= 4 is 5.97 Å². The zero-order valence-electron chi connectivity index (χ0n) is 23.5. The summed E-state index contributed by atoms with van der Waals surface area (Å²) in [6, 6.07) is 0. The predicted molar refractivity (Wildman–Crippen MR) is 143 cm³/mol. The summed E-state index contributed by atoms with van der Waals surface area (Å²) in [6.07, 6.45) is 13.0. The van der Waals surface area contributed by atoms with E-state index in [1.165, 1.54) is 12.0 Å². The summed E-state index contributed by atoms with van der Waals surface area (Å²) in [5.41, 5.74) is 0.0131. The van der Waals surface area contributed by atoms with Crippen LogP contribution in [0.3, 0.4) is 0 Å². The van der Waals surface area contributed by atoms with Gasteiger partial charge in [-0.15, -0.1) is 0 Å². The number of aliphatic carboxylic acids is 1. The number of carboxylic acid groups (broad SMARTS) is 1. The molecule has 3 aliphatic carbocycles. The number of rotatable bonds is 9. The molecular weight excluding hydrogens is 436 g/mol. The molecule has 0 aliphatic heterocycles. The van der Waals surface area contributed by atoms with E-state index in [1.807, 2.05) is 13.0 Å². The first-order valence-electron chi connectivity index (χ1n) is 14.0. The topological polar surface area (TPSA) is 77.8 Å². The molecule has 0 heterocycles. The minimum Gasteiger partial charge on any atom is -0.481 e. The maximum absolute atomic E-state index is 11.6. The van der Waals surface area contributed by atoms with E-state index >= 15 is 0 Å². The van der Waals surface area contributed by atoms with Gasteiger partial charge in [-0.25, -0.2) is 0 Å². The lowest BCUT2D eigenvalue weighted by atomic mass is 9.38. The number of fused-ring (bicyclic) bond motifs is 3. The van der Waals surface area contributed by atoms with Crippen LogP contribution in [-0.4, -0.2) is 32.5 Å². The first kappa shape index (κ1) is 28.4. The van der Waals surface area contributed by atoms with Gasteiger partial charge in [0.2, 0.25) is 0 Å². The van der Waals surface area contributed by atoms with Crippen molar-refractivity contribution < 1.29 is 20.1 Å². The maximum Gasteiger partial charge on any atom is 0.303 e. The number of hydrogen-bond acceptors (Lipinski definition) is 3. The molecule has 0 aromatic heterocycles. The average molecular weight is 489 g/mol. The van der Waals surface area contributed by atoms with E-state index in [1.54, 1.807) is 19.9 Å². The lowest BCUT2D eigenvalue weighted by Crippen LogP contribution is -2.60. The summed E-state index contributed by atoms with van der Waals surface area (Å²) in [6.45, 7) is 19.5. The number of aliphatic hydroxyl groups is 2. The van der Waals surface area contributed by atoms with E-state index < -0.39 is 17.2 Å². The number of carbonyl (C=O) groups is 1. The molecular formula is C31H52O4. The highest BCUT2D eigenvalue weighted by Crippen LogP contribution is 2.74. The molecule has 3 fully saturated rings. The summed E-state index contributed by atoms with van der Waals surface area (Å²) in [5, 5.41) is 31.0. The Hall–Kier alpha value is -1.13. The van der Waals surface area contributed by atoms with E-state index in [4.69, 9.17) is 0 Å². The molecule has 4 heteroatoms. The van der Waals surface area contributed by atoms with Crippen LogP contribution < -0.4 is 0 Å². The Balaban J connectivity index is 1.89. The van der Waals surface area contributed by atoms with E-state index in [0.29, 0.717) is 24.2 Å². The van der Waals surface area contributed by atoms with Crippen molar-refractivity contribution in [2.24, 2.45) is 39.9 Å². The van der Waals surface area contributed by atoms with Crippen LogP contribution in [0.15, 0.2) is 24.3 Å². The average Bonchev–Trinajstić information content (AvgIpc) is 3.05. The normalized spacial score (nSPS) is 41.3. The van der Waals surface area contributed by atoms with E-state index in [9.17, 15) is 20.1 Å². The Morgan fingerprint density at radius 3 is 2.23 bits per heavy atom. The van der Waals surface area contributed by atoms with Gasteiger partial charge in [-0.05, 0) is 125 Å². The zero-order chi connectivity index (χ0) is 26.4. The van der Waals surface area contributed by atoms with E-state index in [2.05, 4.69) is 34.3 Å². The van der Waals surface area contributed by atoms with Crippen LogP contribution in [0.5, 0.6) is 0 Å². The fourth-order valence-electron chi connectivity index (χ4n) is 9.37. The van der Waals surface area contributed by atoms with Gasteiger partial charge >= 0.3 is 5.97 Å². The second-order valence-corrected chi connectivity index (χ2v) is 14.0. The smallest absolute Gasteiger partial charge is 0.303 e. The Bertz CT molecular complexity index is 835. The number of carboxylic acids is 1. The summed E-state index contributed by atoms with van der Waals surface area (Å²) in [5.74, 6) is 1.03. The molecule has 0 aromatic carbocycles. The molecule has 3 aliphatic rings. The highest BCUT2D eigenvalue weighted by atomic mass is 16.4. The third-order valence-electron chi connectivity index (χ3n) is 11.2. The van der Waals surface area contributed by atoms with Crippen LogP contribution in [0.4, 0.5) is 0 Å². The summed E-state index contributed by atoms with van der Waals surface area (Å²) < 4.78 is 0. The van der Waals surface area contributed by atoms with Crippen molar-refractivity contribution in [1.29, 1.82) is 0 Å². The Morgan fingerprint density at radius 1 is 1.03 bits per heavy atom. The molecule has 8 atom stereocenters. The number of hydrogen-bond donors (Lipinski definition) is 3. The third-order valence-corrected chi connectivity index (χ3v) is 11.2. The highest BCUT2D eigenvalue weighted by Gasteiger charge is 2.67. The molecule has 8 unspecified atom stereocenters. The quantitative estimate of drug-likeness (QED) is 0.301. The lowest BCUT2D eigenvalue weighted by Gasteiger charge is -2.66. The molecule has 0 bridgehead atoms. The maximum atomic E-state index is 11.6. The largest absolute Gasteiger partial charge is 0.481 e. The molecule has 3 rings (SSSR count). The molecule has 200 valence electrons. The van der Waals surface area contributed by atoms with E-state index in [0.717, 1.165) is 44.9 Å². The van der Waals surface area contributed by atoms with Crippen molar-refractivity contribution in [3.05, 3.63) is 24.3 Å². The predicted octanol–water partition coefficient (Wildman–Crippen LogP) is 7.15. The van der Waals surface area contributed by atoms with Gasteiger partial charge in [-0.1, -0.05) is 45.1 Å². The molecule has 3 N–H and O–H groups in total. The van der Waals surface area contributed by atoms with Gasteiger partial charge in [0, 0.05) is 6.42 Å². The first-order valence-corrected chi connectivity index (χ1v) is 14.0. The van der Waals surface area contributed by atoms with Crippen LogP contribution in [0.2, 0.25) is 0 Å². The monoisotopic (exact) mass is 488 g/mol. The SMILES string of the molecule is C=C(C)C1CCC2(C)C(CCC3C(C(C)(O)CC=CC(C)(C)O)CCC32C)C1(C)CCCC(=O)O. The summed E-state index contributed by atoms with van der Waals surface area (Å²) in [4.78, 5) is 11.3. The van der Waals surface area contributed by atoms with Gasteiger partial charge in [0.1, 0.15) is 0 Å². The van der Waals surface area contributed by atoms with Gasteiger partial charge in [-0.2, -0.15) is 0 Å². The van der Waals surface area contributed by atoms with Gasteiger partial charge in [0.15, 0.2) is 0 Å². The van der Waals surface area contributed by atoms with Crippen LogP contribution in [0.25, 0.3) is 0 Å². The fraction of sp³-hybridized carbons (Fsp3) is 0.839. The Labute approximate surface area is 214 Å². The zero-order valence-corrected chi connectivity index (χ0v) is 23.5. The Kier molecular flexibility index (Phi) is 7.83. The molecule has 0 amide bonds. The van der Waals surface area contributed by atoms with Crippen molar-refractivity contribution in [1.82, 2.24) is 0 Å². The van der Waals surface area contributed by atoms with Crippen molar-refractivity contribution in [3.8, 4) is 0 Å². The second kappa shape index (κ2) is 9.63. The third kappa shape index (κ3) is 5.17. The molecule has 0 saturated heterocycles. The highest BCUT2D eigenvalue weighted by molar-refractivity contribution is 5.66. The summed E-state index contributed by atoms with van der Waals surface area (Å²) in [7, 11) is 0. The minimum atomic E-state index is -0.862. The molecule has 35 heavy (non-hydrogen) atoms. The standard InChI is InChI=1S/C31H52O4/c1-21(2)22-14-20-30(7)25(28(22,5)17-9-11-26(32)33)13-12-23-24(15-19-29(23,30)6)31(8,35)18-10-16-27(3,4)34/h10,16,22-25,34-35H,1,9,11-15,17-20H2,2-8H3,(H,32,33). The van der Waals surface area contributed by atoms with Crippen molar-refractivity contribution in [2.75, 3.05) is 0 Å². The Morgan fingerprint density at radius 2 is 1.66 bits per heavy atom. The molecule has 0 radical (unpaired) electrons. The van der Waals surface area contributed by atoms with Gasteiger partial charge in [0.05, 0.1) is 11.2 Å². The van der Waals surface area contributed by atoms with Gasteiger partial charge < -0.3 is 15.3 Å². The van der Waals surface area contributed by atoms with Crippen LogP contribution in [-0.2, 0) is 4.79 Å². The molecule has 0 spiro atoms. The van der Waals surface area contributed by atoms with Crippen LogP contribution in [0, 0.1) is 39.9 Å². The number of allylic oxidation sites excluding steroid dienone is 1. The first-order chi connectivity index (χ1) is 16.0. The molecule has 3 saturated carbocycles. The van der Waals surface area contributed by atoms with Gasteiger partial charge in [-0.3, -0.25) is 4.79 Å². The minimum absolute atomic E-state index is 0.0678. The van der Waals surface area contributed by atoms with Crippen molar-refractivity contribution in [2.45, 2.75) is 124 Å². The fourth-order valence-corrected chi connectivity index (χ4v) is 9.37. The van der Waals surface area contributed by atoms with Gasteiger partial charge in [0.25, 0.3) is 0 Å². The lowest BCUT2D eigenvalue weighted by molar-refractivity contribution is -0.177. The van der Waals surface area contributed by atoms with Crippen LogP contribution >= 0.6 is 0 Å². The summed E-state index contributed by atoms with van der Waals surface area (Å²) >= 11 is 0. The van der Waals surface area contributed by atoms with E-state index in [-0.39, 0.29) is 28.6 Å². The molecule has 0 aromatic rings. The second-order valence-electron chi connectivity index (χ2n) is 14.0.